The molecule has 0 saturated carbocycles. The molecular formula is C13H15F3N4. The molecule has 1 atom stereocenters. The minimum Gasteiger partial charge on any atom is -0.319 e. The van der Waals surface area contributed by atoms with Crippen molar-refractivity contribution >= 4 is 0 Å². The minimum absolute atomic E-state index is 0.383. The maximum absolute atomic E-state index is 12.4. The van der Waals surface area contributed by atoms with Crippen LogP contribution in [0.5, 0.6) is 0 Å². The van der Waals surface area contributed by atoms with Gasteiger partial charge in [-0.2, -0.15) is 18.3 Å². The van der Waals surface area contributed by atoms with Gasteiger partial charge >= 0.3 is 6.18 Å². The second-order valence-corrected chi connectivity index (χ2v) is 4.48. The van der Waals surface area contributed by atoms with Gasteiger partial charge in [0.25, 0.3) is 0 Å². The molecule has 0 amide bonds. The van der Waals surface area contributed by atoms with Gasteiger partial charge < -0.3 is 5.73 Å². The molecule has 0 saturated heterocycles. The molecule has 4 nitrogen and oxygen atoms in total. The average molecular weight is 284 g/mol. The van der Waals surface area contributed by atoms with E-state index in [1.165, 1.54) is 6.07 Å². The topological polar surface area (TPSA) is 56.7 Å². The fraction of sp³-hybridized carbons (Fsp3) is 0.385. The number of halogens is 3. The van der Waals surface area contributed by atoms with Crippen LogP contribution >= 0.6 is 0 Å². The first-order valence-electron chi connectivity index (χ1n) is 6.23. The van der Waals surface area contributed by atoms with Crippen molar-refractivity contribution in [3.8, 4) is 0 Å². The number of pyridine rings is 1. The Balaban J connectivity index is 2.17. The van der Waals surface area contributed by atoms with Crippen molar-refractivity contribution < 1.29 is 13.2 Å². The number of nitrogens with zero attached hydrogens (tertiary/aromatic N) is 3. The number of aryl methyl sites for hydroxylation is 1. The molecule has 2 aromatic rings. The van der Waals surface area contributed by atoms with Crippen molar-refractivity contribution in [2.75, 3.05) is 0 Å². The van der Waals surface area contributed by atoms with Crippen molar-refractivity contribution in [3.63, 3.8) is 0 Å². The quantitative estimate of drug-likeness (QED) is 0.939. The zero-order valence-electron chi connectivity index (χ0n) is 10.9. The first-order valence-corrected chi connectivity index (χ1v) is 6.23. The molecule has 0 bridgehead atoms. The van der Waals surface area contributed by atoms with E-state index in [1.807, 2.05) is 6.92 Å². The van der Waals surface area contributed by atoms with E-state index in [0.717, 1.165) is 30.8 Å². The Kier molecular flexibility index (Phi) is 4.08. The van der Waals surface area contributed by atoms with Crippen LogP contribution in [0.25, 0.3) is 0 Å². The summed E-state index contributed by atoms with van der Waals surface area (Å²) in [5, 5.41) is 4.14. The zero-order chi connectivity index (χ0) is 14.8. The highest BCUT2D eigenvalue weighted by Gasteiger charge is 2.30. The predicted molar refractivity (Wildman–Crippen MR) is 67.8 cm³/mol. The van der Waals surface area contributed by atoms with Gasteiger partial charge in [0.2, 0.25) is 0 Å². The first kappa shape index (κ1) is 14.5. The van der Waals surface area contributed by atoms with Crippen LogP contribution in [-0.4, -0.2) is 14.8 Å². The van der Waals surface area contributed by atoms with Gasteiger partial charge in [-0.25, -0.2) is 0 Å². The monoisotopic (exact) mass is 284 g/mol. The largest absolute Gasteiger partial charge is 0.417 e. The molecule has 2 aromatic heterocycles. The lowest BCUT2D eigenvalue weighted by Crippen LogP contribution is -2.14. The Morgan fingerprint density at radius 2 is 2.05 bits per heavy atom. The van der Waals surface area contributed by atoms with Crippen LogP contribution in [0, 0.1) is 0 Å². The van der Waals surface area contributed by atoms with Crippen molar-refractivity contribution in [2.24, 2.45) is 5.73 Å². The summed E-state index contributed by atoms with van der Waals surface area (Å²) < 4.78 is 39.1. The molecule has 0 aliphatic heterocycles. The van der Waals surface area contributed by atoms with E-state index in [4.69, 9.17) is 5.73 Å². The Bertz CT molecular complexity index is 560. The molecule has 0 spiro atoms. The molecule has 2 rings (SSSR count). The van der Waals surface area contributed by atoms with Gasteiger partial charge in [0.05, 0.1) is 23.5 Å². The molecule has 2 N–H and O–H groups in total. The van der Waals surface area contributed by atoms with E-state index >= 15 is 0 Å². The number of nitrogens with two attached hydrogens (primary N) is 1. The standard InChI is InChI=1S/C13H15F3N4/c1-2-5-20-8-9(6-19-20)12(17)11-4-3-10(7-18-11)13(14,15)16/h3-4,6-8,12H,2,5,17H2,1H3. The summed E-state index contributed by atoms with van der Waals surface area (Å²) in [6.45, 7) is 2.80. The predicted octanol–water partition coefficient (Wildman–Crippen LogP) is 2.76. The first-order chi connectivity index (χ1) is 9.41. The highest BCUT2D eigenvalue weighted by atomic mass is 19.4. The molecule has 0 aliphatic rings. The van der Waals surface area contributed by atoms with E-state index in [1.54, 1.807) is 17.1 Å². The van der Waals surface area contributed by atoms with Crippen LogP contribution in [0.15, 0.2) is 30.7 Å². The smallest absolute Gasteiger partial charge is 0.319 e. The van der Waals surface area contributed by atoms with Crippen molar-refractivity contribution in [1.82, 2.24) is 14.8 Å². The summed E-state index contributed by atoms with van der Waals surface area (Å²) in [6, 6.07) is 1.70. The lowest BCUT2D eigenvalue weighted by Gasteiger charge is -2.11. The summed E-state index contributed by atoms with van der Waals surface area (Å²) in [6.07, 6.45) is 0.745. The van der Waals surface area contributed by atoms with Gasteiger partial charge in [-0.15, -0.1) is 0 Å². The highest BCUT2D eigenvalue weighted by Crippen LogP contribution is 2.29. The van der Waals surface area contributed by atoms with E-state index in [2.05, 4.69) is 10.1 Å². The van der Waals surface area contributed by atoms with Crippen molar-refractivity contribution in [2.45, 2.75) is 32.1 Å². The lowest BCUT2D eigenvalue weighted by atomic mass is 10.1. The van der Waals surface area contributed by atoms with E-state index in [9.17, 15) is 13.2 Å². The van der Waals surface area contributed by atoms with Crippen LogP contribution in [0.3, 0.4) is 0 Å². The SMILES string of the molecule is CCCn1cc(C(N)c2ccc(C(F)(F)F)cn2)cn1. The van der Waals surface area contributed by atoms with Gasteiger partial charge in [-0.1, -0.05) is 6.92 Å². The molecule has 0 radical (unpaired) electrons. The fourth-order valence-electron chi connectivity index (χ4n) is 1.82. The van der Waals surface area contributed by atoms with Crippen LogP contribution in [-0.2, 0) is 12.7 Å². The van der Waals surface area contributed by atoms with E-state index in [0.29, 0.717) is 5.69 Å². The maximum Gasteiger partial charge on any atom is 0.417 e. The third kappa shape index (κ3) is 3.16. The number of hydrogen-bond acceptors (Lipinski definition) is 3. The van der Waals surface area contributed by atoms with Gasteiger partial charge in [0.1, 0.15) is 0 Å². The number of aromatic nitrogens is 3. The Morgan fingerprint density at radius 1 is 1.30 bits per heavy atom. The molecular weight excluding hydrogens is 269 g/mol. The van der Waals surface area contributed by atoms with Gasteiger partial charge in [0.15, 0.2) is 0 Å². The Hall–Kier alpha value is -1.89. The molecule has 0 fully saturated rings. The average Bonchev–Trinajstić information content (AvgIpc) is 2.86. The van der Waals surface area contributed by atoms with Crippen LogP contribution < -0.4 is 5.73 Å². The summed E-state index contributed by atoms with van der Waals surface area (Å²) in [7, 11) is 0. The molecule has 108 valence electrons. The van der Waals surface area contributed by atoms with Gasteiger partial charge in [-0.05, 0) is 18.6 Å². The summed E-state index contributed by atoms with van der Waals surface area (Å²) >= 11 is 0. The molecule has 1 unspecified atom stereocenters. The lowest BCUT2D eigenvalue weighted by molar-refractivity contribution is -0.137. The summed E-state index contributed by atoms with van der Waals surface area (Å²) in [5.74, 6) is 0. The van der Waals surface area contributed by atoms with Crippen molar-refractivity contribution in [1.29, 1.82) is 0 Å². The summed E-state index contributed by atoms with van der Waals surface area (Å²) in [4.78, 5) is 3.79. The second-order valence-electron chi connectivity index (χ2n) is 4.48. The van der Waals surface area contributed by atoms with E-state index < -0.39 is 17.8 Å². The summed E-state index contributed by atoms with van der Waals surface area (Å²) in [5.41, 5.74) is 6.32. The van der Waals surface area contributed by atoms with Gasteiger partial charge in [-0.3, -0.25) is 9.67 Å². The number of hydrogen-bond donors (Lipinski definition) is 1. The zero-order valence-corrected chi connectivity index (χ0v) is 10.9. The number of rotatable bonds is 4. The normalized spacial score (nSPS) is 13.4. The molecule has 2 heterocycles. The molecule has 7 heteroatoms. The molecule has 0 aliphatic carbocycles. The second kappa shape index (κ2) is 5.62. The Labute approximate surface area is 114 Å². The third-order valence-electron chi connectivity index (χ3n) is 2.90. The van der Waals surface area contributed by atoms with Crippen LogP contribution in [0.4, 0.5) is 13.2 Å². The maximum atomic E-state index is 12.4. The highest BCUT2D eigenvalue weighted by molar-refractivity contribution is 5.25. The van der Waals surface area contributed by atoms with Crippen LogP contribution in [0.2, 0.25) is 0 Å². The molecule has 0 aromatic carbocycles. The minimum atomic E-state index is -4.39. The fourth-order valence-corrected chi connectivity index (χ4v) is 1.82. The Morgan fingerprint density at radius 3 is 2.60 bits per heavy atom. The molecule has 20 heavy (non-hydrogen) atoms. The van der Waals surface area contributed by atoms with Gasteiger partial charge in [0, 0.05) is 24.5 Å². The van der Waals surface area contributed by atoms with Crippen LogP contribution in [0.1, 0.15) is 36.2 Å². The number of alkyl halides is 3. The third-order valence-corrected chi connectivity index (χ3v) is 2.90. The van der Waals surface area contributed by atoms with Crippen molar-refractivity contribution in [3.05, 3.63) is 47.5 Å². The van der Waals surface area contributed by atoms with E-state index in [-0.39, 0.29) is 0 Å².